The van der Waals surface area contributed by atoms with Gasteiger partial charge < -0.3 is 10.2 Å². The number of piperidine rings is 1. The highest BCUT2D eigenvalue weighted by atomic mass is 15.2. The Balaban J connectivity index is 1.48. The Bertz CT molecular complexity index is 779. The van der Waals surface area contributed by atoms with Crippen LogP contribution < -0.4 is 5.32 Å². The first kappa shape index (κ1) is 15.3. The Labute approximate surface area is 149 Å². The summed E-state index contributed by atoms with van der Waals surface area (Å²) >= 11 is 0. The van der Waals surface area contributed by atoms with Crippen molar-refractivity contribution in [2.45, 2.75) is 50.0 Å². The second kappa shape index (κ2) is 5.77. The van der Waals surface area contributed by atoms with Gasteiger partial charge in [-0.05, 0) is 57.8 Å². The van der Waals surface area contributed by atoms with E-state index in [9.17, 15) is 0 Å². The number of fused-ring (bicyclic) bond motifs is 2. The molecule has 2 fully saturated rings. The van der Waals surface area contributed by atoms with Crippen molar-refractivity contribution in [3.05, 3.63) is 41.5 Å². The summed E-state index contributed by atoms with van der Waals surface area (Å²) in [5, 5.41) is 3.61. The number of allylic oxidation sites excluding steroid dienone is 6. The Morgan fingerprint density at radius 1 is 1.16 bits per heavy atom. The number of rotatable bonds is 2. The van der Waals surface area contributed by atoms with Gasteiger partial charge in [-0.15, -0.1) is 0 Å². The van der Waals surface area contributed by atoms with Crippen LogP contribution in [0.4, 0.5) is 5.95 Å². The zero-order valence-corrected chi connectivity index (χ0v) is 14.8. The van der Waals surface area contributed by atoms with E-state index in [0.29, 0.717) is 6.04 Å². The molecular weight excluding hydrogens is 310 g/mol. The van der Waals surface area contributed by atoms with Crippen LogP contribution >= 0.6 is 0 Å². The van der Waals surface area contributed by atoms with Gasteiger partial charge in [-0.2, -0.15) is 9.97 Å². The molecule has 4 bridgehead atoms. The number of nitrogens with zero attached hydrogens (tertiary/aromatic N) is 4. The summed E-state index contributed by atoms with van der Waals surface area (Å²) in [6.45, 7) is 2.27. The molecule has 6 rings (SSSR count). The molecule has 4 heterocycles. The summed E-state index contributed by atoms with van der Waals surface area (Å²) in [7, 11) is 2.19. The van der Waals surface area contributed by atoms with E-state index in [-0.39, 0.29) is 5.41 Å². The monoisotopic (exact) mass is 335 g/mol. The SMILES string of the molecule is CN1CCC(Nc2nc3nc(n2)C2(C/C=C\C=C4/C=C3C4)CC2)CC1. The van der Waals surface area contributed by atoms with Crippen LogP contribution in [0.3, 0.4) is 0 Å². The second-order valence-corrected chi connectivity index (χ2v) is 8.03. The van der Waals surface area contributed by atoms with Crippen LogP contribution in [0.25, 0.3) is 5.57 Å². The lowest BCUT2D eigenvalue weighted by Gasteiger charge is -2.29. The molecule has 1 aromatic heterocycles. The van der Waals surface area contributed by atoms with Crippen molar-refractivity contribution < 1.29 is 0 Å². The van der Waals surface area contributed by atoms with E-state index in [0.717, 1.165) is 56.4 Å². The predicted molar refractivity (Wildman–Crippen MR) is 99.3 cm³/mol. The fourth-order valence-electron chi connectivity index (χ4n) is 3.98. The highest BCUT2D eigenvalue weighted by molar-refractivity contribution is 5.74. The van der Waals surface area contributed by atoms with Crippen molar-refractivity contribution in [3.63, 3.8) is 0 Å². The van der Waals surface area contributed by atoms with E-state index in [2.05, 4.69) is 41.6 Å². The van der Waals surface area contributed by atoms with Crippen molar-refractivity contribution >= 4 is 11.5 Å². The van der Waals surface area contributed by atoms with Gasteiger partial charge in [0, 0.05) is 23.5 Å². The molecule has 0 amide bonds. The van der Waals surface area contributed by atoms with Crippen molar-refractivity contribution in [2.75, 3.05) is 25.5 Å². The average Bonchev–Trinajstić information content (AvgIpc) is 3.36. The van der Waals surface area contributed by atoms with Crippen LogP contribution in [0.2, 0.25) is 0 Å². The smallest absolute Gasteiger partial charge is 0.226 e. The van der Waals surface area contributed by atoms with Gasteiger partial charge >= 0.3 is 0 Å². The number of aromatic nitrogens is 3. The second-order valence-electron chi connectivity index (χ2n) is 8.03. The fourth-order valence-corrected chi connectivity index (χ4v) is 3.98. The molecule has 5 heteroatoms. The molecule has 0 radical (unpaired) electrons. The van der Waals surface area contributed by atoms with Gasteiger partial charge in [0.05, 0.1) is 0 Å². The van der Waals surface area contributed by atoms with Crippen LogP contribution in [0, 0.1) is 0 Å². The summed E-state index contributed by atoms with van der Waals surface area (Å²) in [6.07, 6.45) is 15.6. The molecule has 0 unspecified atom stereocenters. The standard InChI is InChI=1S/C20H25N5/c1-25-10-5-16(6-11-25)21-19-23-17-15-12-14(13-15)4-2-3-7-20(8-9-20)18(22-17)24-19/h2-4,12,16H,5-11,13H2,1H3,(H,21,22,23,24)/b3-2-,14-4+. The lowest BCUT2D eigenvalue weighted by molar-refractivity contribution is 0.263. The third-order valence-corrected chi connectivity index (χ3v) is 6.01. The van der Waals surface area contributed by atoms with Gasteiger partial charge in [-0.3, -0.25) is 0 Å². The molecule has 1 spiro atoms. The van der Waals surface area contributed by atoms with Crippen molar-refractivity contribution in [3.8, 4) is 0 Å². The van der Waals surface area contributed by atoms with Crippen molar-refractivity contribution in [1.82, 2.24) is 19.9 Å². The Morgan fingerprint density at radius 3 is 2.72 bits per heavy atom. The molecule has 3 aliphatic heterocycles. The van der Waals surface area contributed by atoms with Gasteiger partial charge in [-0.25, -0.2) is 4.98 Å². The first-order valence-corrected chi connectivity index (χ1v) is 9.49. The Kier molecular flexibility index (Phi) is 3.52. The van der Waals surface area contributed by atoms with E-state index in [1.807, 2.05) is 0 Å². The minimum absolute atomic E-state index is 0.144. The molecule has 1 saturated carbocycles. The molecule has 1 aromatic rings. The van der Waals surface area contributed by atoms with Gasteiger partial charge in [0.1, 0.15) is 5.82 Å². The first-order valence-electron chi connectivity index (χ1n) is 9.49. The molecule has 5 aliphatic rings. The van der Waals surface area contributed by atoms with E-state index >= 15 is 0 Å². The minimum Gasteiger partial charge on any atom is -0.351 e. The number of nitrogens with one attached hydrogen (secondary N) is 1. The van der Waals surface area contributed by atoms with Crippen LogP contribution in [0.1, 0.15) is 50.2 Å². The van der Waals surface area contributed by atoms with Gasteiger partial charge in [-0.1, -0.05) is 24.3 Å². The zero-order valence-electron chi connectivity index (χ0n) is 14.8. The van der Waals surface area contributed by atoms with Gasteiger partial charge in [0.25, 0.3) is 0 Å². The Hall–Kier alpha value is -2.01. The molecular formula is C20H25N5. The number of likely N-dealkylation sites (tertiary alicyclic amines) is 1. The number of hydrogen-bond acceptors (Lipinski definition) is 5. The summed E-state index contributed by atoms with van der Waals surface area (Å²) < 4.78 is 0. The molecule has 0 aromatic carbocycles. The molecule has 25 heavy (non-hydrogen) atoms. The van der Waals surface area contributed by atoms with Gasteiger partial charge in [0.15, 0.2) is 5.82 Å². The van der Waals surface area contributed by atoms with E-state index < -0.39 is 0 Å². The normalized spacial score (nSPS) is 28.2. The summed E-state index contributed by atoms with van der Waals surface area (Å²) in [5.41, 5.74) is 2.75. The van der Waals surface area contributed by atoms with Crippen LogP contribution in [-0.2, 0) is 5.41 Å². The first-order chi connectivity index (χ1) is 12.2. The summed E-state index contributed by atoms with van der Waals surface area (Å²) in [5.74, 6) is 2.65. The third kappa shape index (κ3) is 2.91. The quantitative estimate of drug-likeness (QED) is 0.900. The maximum Gasteiger partial charge on any atom is 0.226 e. The Morgan fingerprint density at radius 2 is 1.96 bits per heavy atom. The highest BCUT2D eigenvalue weighted by Crippen LogP contribution is 2.50. The summed E-state index contributed by atoms with van der Waals surface area (Å²) in [6, 6.07) is 0.468. The van der Waals surface area contributed by atoms with Gasteiger partial charge in [0.2, 0.25) is 5.95 Å². The number of anilines is 1. The number of hydrogen-bond donors (Lipinski definition) is 1. The van der Waals surface area contributed by atoms with Crippen LogP contribution in [0.5, 0.6) is 0 Å². The predicted octanol–water partition coefficient (Wildman–Crippen LogP) is 3.08. The maximum atomic E-state index is 4.88. The van der Waals surface area contributed by atoms with E-state index in [4.69, 9.17) is 15.0 Å². The molecule has 1 N–H and O–H groups in total. The third-order valence-electron chi connectivity index (χ3n) is 6.01. The van der Waals surface area contributed by atoms with E-state index in [1.54, 1.807) is 0 Å². The highest BCUT2D eigenvalue weighted by Gasteiger charge is 2.46. The van der Waals surface area contributed by atoms with Crippen LogP contribution in [0.15, 0.2) is 29.9 Å². The molecule has 130 valence electrons. The molecule has 5 nitrogen and oxygen atoms in total. The zero-order chi connectivity index (χ0) is 16.9. The maximum absolute atomic E-state index is 4.88. The molecule has 0 atom stereocenters. The van der Waals surface area contributed by atoms with Crippen LogP contribution in [-0.4, -0.2) is 46.0 Å². The van der Waals surface area contributed by atoms with E-state index in [1.165, 1.54) is 24.0 Å². The summed E-state index contributed by atoms with van der Waals surface area (Å²) in [4.78, 5) is 16.9. The van der Waals surface area contributed by atoms with Crippen molar-refractivity contribution in [2.24, 2.45) is 0 Å². The topological polar surface area (TPSA) is 53.9 Å². The largest absolute Gasteiger partial charge is 0.351 e. The molecule has 1 saturated heterocycles. The minimum atomic E-state index is 0.144. The molecule has 2 aliphatic carbocycles. The van der Waals surface area contributed by atoms with Crippen molar-refractivity contribution in [1.29, 1.82) is 0 Å². The lowest BCUT2D eigenvalue weighted by Crippen LogP contribution is -2.37. The average molecular weight is 335 g/mol. The fraction of sp³-hybridized carbons (Fsp3) is 0.550. The lowest BCUT2D eigenvalue weighted by atomic mass is 9.91.